The second-order valence-electron chi connectivity index (χ2n) is 8.60. The zero-order chi connectivity index (χ0) is 20.2. The quantitative estimate of drug-likeness (QED) is 0.560. The first-order valence-corrected chi connectivity index (χ1v) is 11.1. The van der Waals surface area contributed by atoms with Crippen molar-refractivity contribution in [3.63, 3.8) is 0 Å². The van der Waals surface area contributed by atoms with Gasteiger partial charge in [-0.2, -0.15) is 0 Å². The molecule has 1 amide bonds. The second-order valence-corrected chi connectivity index (χ2v) is 8.60. The SMILES string of the molecule is O=C(c1cc(N[C@@H]2CCCC[C@@H]2OC2CCCC2)ccc1[N+](=O)[O-])N1CCCC1. The van der Waals surface area contributed by atoms with E-state index in [1.807, 2.05) is 0 Å². The normalized spacial score (nSPS) is 25.3. The number of anilines is 1. The van der Waals surface area contributed by atoms with E-state index < -0.39 is 4.92 Å². The van der Waals surface area contributed by atoms with Crippen LogP contribution in [0.2, 0.25) is 0 Å². The van der Waals surface area contributed by atoms with Gasteiger partial charge in [-0.1, -0.05) is 25.7 Å². The summed E-state index contributed by atoms with van der Waals surface area (Å²) >= 11 is 0. The predicted octanol–water partition coefficient (Wildman–Crippen LogP) is 4.51. The van der Waals surface area contributed by atoms with Crippen LogP contribution in [0.25, 0.3) is 0 Å². The maximum atomic E-state index is 12.9. The maximum Gasteiger partial charge on any atom is 0.282 e. The van der Waals surface area contributed by atoms with Crippen molar-refractivity contribution in [1.82, 2.24) is 4.90 Å². The van der Waals surface area contributed by atoms with Gasteiger partial charge in [0.2, 0.25) is 0 Å². The summed E-state index contributed by atoms with van der Waals surface area (Å²) in [6.45, 7) is 1.35. The van der Waals surface area contributed by atoms with Gasteiger partial charge in [0.05, 0.1) is 23.2 Å². The number of ether oxygens (including phenoxy) is 1. The molecule has 2 atom stereocenters. The summed E-state index contributed by atoms with van der Waals surface area (Å²) in [5, 5.41) is 15.0. The Bertz CT molecular complexity index is 742. The molecule has 0 spiro atoms. The smallest absolute Gasteiger partial charge is 0.282 e. The minimum Gasteiger partial charge on any atom is -0.380 e. The third kappa shape index (κ3) is 4.71. The van der Waals surface area contributed by atoms with Gasteiger partial charge < -0.3 is 15.0 Å². The number of carbonyl (C=O) groups is 1. The van der Waals surface area contributed by atoms with Crippen LogP contribution in [0.5, 0.6) is 0 Å². The van der Waals surface area contributed by atoms with Crippen molar-refractivity contribution in [2.45, 2.75) is 82.5 Å². The Kier molecular flexibility index (Phi) is 6.33. The fraction of sp³-hybridized carbons (Fsp3) is 0.682. The van der Waals surface area contributed by atoms with E-state index >= 15 is 0 Å². The van der Waals surface area contributed by atoms with Crippen LogP contribution in [0.1, 0.15) is 74.6 Å². The summed E-state index contributed by atoms with van der Waals surface area (Å²) in [6, 6.07) is 5.03. The van der Waals surface area contributed by atoms with Crippen LogP contribution < -0.4 is 5.32 Å². The van der Waals surface area contributed by atoms with Crippen molar-refractivity contribution in [3.05, 3.63) is 33.9 Å². The predicted molar refractivity (Wildman–Crippen MR) is 111 cm³/mol. The number of hydrogen-bond donors (Lipinski definition) is 1. The summed E-state index contributed by atoms with van der Waals surface area (Å²) in [4.78, 5) is 25.6. The molecule has 0 aromatic heterocycles. The van der Waals surface area contributed by atoms with Crippen LogP contribution in [0.3, 0.4) is 0 Å². The minimum atomic E-state index is -0.459. The Hall–Kier alpha value is -2.15. The first-order chi connectivity index (χ1) is 14.1. The maximum absolute atomic E-state index is 12.9. The molecule has 0 radical (unpaired) electrons. The molecule has 0 unspecified atom stereocenters. The van der Waals surface area contributed by atoms with Gasteiger partial charge >= 0.3 is 0 Å². The minimum absolute atomic E-state index is 0.116. The molecule has 1 aromatic rings. The van der Waals surface area contributed by atoms with Gasteiger partial charge in [0.25, 0.3) is 11.6 Å². The Morgan fingerprint density at radius 1 is 1.03 bits per heavy atom. The van der Waals surface area contributed by atoms with E-state index in [0.29, 0.717) is 19.2 Å². The topological polar surface area (TPSA) is 84.7 Å². The number of hydrogen-bond acceptors (Lipinski definition) is 5. The fourth-order valence-corrected chi connectivity index (χ4v) is 4.96. The van der Waals surface area contributed by atoms with E-state index in [4.69, 9.17) is 4.74 Å². The van der Waals surface area contributed by atoms with Crippen molar-refractivity contribution < 1.29 is 14.5 Å². The van der Waals surface area contributed by atoms with E-state index in [9.17, 15) is 14.9 Å². The summed E-state index contributed by atoms with van der Waals surface area (Å²) in [6.07, 6.45) is 11.6. The van der Waals surface area contributed by atoms with Crippen LogP contribution in [0.4, 0.5) is 11.4 Å². The van der Waals surface area contributed by atoms with Gasteiger partial charge in [-0.3, -0.25) is 14.9 Å². The van der Waals surface area contributed by atoms with Gasteiger partial charge in [0.1, 0.15) is 5.56 Å². The lowest BCUT2D eigenvalue weighted by Crippen LogP contribution is -2.40. The Labute approximate surface area is 171 Å². The van der Waals surface area contributed by atoms with E-state index in [1.54, 1.807) is 17.0 Å². The standard InChI is InChI=1S/C22H31N3O4/c26-22(24-13-5-6-14-24)18-15-16(11-12-20(18)25(27)28)23-19-9-3-4-10-21(19)29-17-7-1-2-8-17/h11-12,15,17,19,21,23H,1-10,13-14H2/t19-,21+/m1/s1. The number of nitrogens with one attached hydrogen (secondary N) is 1. The molecule has 4 rings (SSSR count). The zero-order valence-electron chi connectivity index (χ0n) is 17.0. The molecular weight excluding hydrogens is 370 g/mol. The molecule has 2 saturated carbocycles. The Balaban J connectivity index is 1.51. The van der Waals surface area contributed by atoms with Gasteiger partial charge in [-0.25, -0.2) is 0 Å². The molecule has 158 valence electrons. The summed E-state index contributed by atoms with van der Waals surface area (Å²) in [5.74, 6) is -0.236. The van der Waals surface area contributed by atoms with Crippen molar-refractivity contribution in [3.8, 4) is 0 Å². The molecule has 2 aliphatic carbocycles. The first kappa shape index (κ1) is 20.1. The molecule has 7 nitrogen and oxygen atoms in total. The number of nitro groups is 1. The molecule has 1 heterocycles. The highest BCUT2D eigenvalue weighted by Crippen LogP contribution is 2.31. The van der Waals surface area contributed by atoms with Crippen LogP contribution in [0.15, 0.2) is 18.2 Å². The van der Waals surface area contributed by atoms with Crippen LogP contribution >= 0.6 is 0 Å². The number of rotatable bonds is 6. The Morgan fingerprint density at radius 2 is 1.72 bits per heavy atom. The van der Waals surface area contributed by atoms with Crippen molar-refractivity contribution in [2.75, 3.05) is 18.4 Å². The first-order valence-electron chi connectivity index (χ1n) is 11.1. The highest BCUT2D eigenvalue weighted by atomic mass is 16.6. The molecular formula is C22H31N3O4. The summed E-state index contributed by atoms with van der Waals surface area (Å²) in [5.41, 5.74) is 0.839. The lowest BCUT2D eigenvalue weighted by atomic mass is 9.91. The van der Waals surface area contributed by atoms with E-state index in [1.165, 1.54) is 25.3 Å². The van der Waals surface area contributed by atoms with Gasteiger partial charge in [-0.15, -0.1) is 0 Å². The van der Waals surface area contributed by atoms with Crippen molar-refractivity contribution in [1.29, 1.82) is 0 Å². The van der Waals surface area contributed by atoms with E-state index in [2.05, 4.69) is 5.32 Å². The summed E-state index contributed by atoms with van der Waals surface area (Å²) < 4.78 is 6.41. The second kappa shape index (κ2) is 9.11. The molecule has 1 N–H and O–H groups in total. The number of amides is 1. The molecule has 7 heteroatoms. The van der Waals surface area contributed by atoms with Crippen LogP contribution in [0, 0.1) is 10.1 Å². The van der Waals surface area contributed by atoms with Crippen molar-refractivity contribution in [2.24, 2.45) is 0 Å². The number of nitrogens with zero attached hydrogens (tertiary/aromatic N) is 2. The summed E-state index contributed by atoms with van der Waals surface area (Å²) in [7, 11) is 0. The molecule has 1 aliphatic heterocycles. The van der Waals surface area contributed by atoms with Gasteiger partial charge in [0, 0.05) is 24.8 Å². The largest absolute Gasteiger partial charge is 0.380 e. The average molecular weight is 402 g/mol. The lowest BCUT2D eigenvalue weighted by molar-refractivity contribution is -0.385. The number of carbonyl (C=O) groups excluding carboxylic acids is 1. The molecule has 1 aromatic carbocycles. The molecule has 1 saturated heterocycles. The third-order valence-corrected chi connectivity index (χ3v) is 6.54. The molecule has 3 aliphatic rings. The van der Waals surface area contributed by atoms with Crippen molar-refractivity contribution >= 4 is 17.3 Å². The van der Waals surface area contributed by atoms with E-state index in [-0.39, 0.29) is 29.3 Å². The molecule has 0 bridgehead atoms. The van der Waals surface area contributed by atoms with Crippen LogP contribution in [-0.4, -0.2) is 47.1 Å². The lowest BCUT2D eigenvalue weighted by Gasteiger charge is -2.34. The zero-order valence-corrected chi connectivity index (χ0v) is 17.0. The third-order valence-electron chi connectivity index (χ3n) is 6.54. The monoisotopic (exact) mass is 401 g/mol. The average Bonchev–Trinajstić information content (AvgIpc) is 3.43. The molecule has 3 fully saturated rings. The Morgan fingerprint density at radius 3 is 2.45 bits per heavy atom. The molecule has 29 heavy (non-hydrogen) atoms. The number of nitro benzene ring substituents is 1. The highest BCUT2D eigenvalue weighted by molar-refractivity contribution is 5.99. The highest BCUT2D eigenvalue weighted by Gasteiger charge is 2.31. The number of benzene rings is 1. The van der Waals surface area contributed by atoms with Crippen LogP contribution in [-0.2, 0) is 4.74 Å². The fourth-order valence-electron chi connectivity index (χ4n) is 4.96. The van der Waals surface area contributed by atoms with Gasteiger partial charge in [-0.05, 0) is 50.7 Å². The van der Waals surface area contributed by atoms with E-state index in [0.717, 1.165) is 50.6 Å². The number of likely N-dealkylation sites (tertiary alicyclic amines) is 1. The van der Waals surface area contributed by atoms with Gasteiger partial charge in [0.15, 0.2) is 0 Å².